The molecule has 0 aliphatic carbocycles. The van der Waals surface area contributed by atoms with Crippen LogP contribution in [0.4, 0.5) is 0 Å². The van der Waals surface area contributed by atoms with Crippen LogP contribution in [0.2, 0.25) is 0 Å². The van der Waals surface area contributed by atoms with E-state index in [1.807, 2.05) is 55.5 Å². The summed E-state index contributed by atoms with van der Waals surface area (Å²) < 4.78 is 12.3. The molecule has 0 aromatic heterocycles. The topological polar surface area (TPSA) is 38.7 Å². The third-order valence-corrected chi connectivity index (χ3v) is 3.62. The Balaban J connectivity index is 1.85. The van der Waals surface area contributed by atoms with Gasteiger partial charge in [-0.15, -0.1) is 0 Å². The Morgan fingerprint density at radius 1 is 1.00 bits per heavy atom. The molecule has 2 aromatic carbocycles. The van der Waals surface area contributed by atoms with E-state index in [1.54, 1.807) is 0 Å². The Bertz CT molecular complexity index is 554. The second-order valence-corrected chi connectivity index (χ2v) is 5.53. The highest BCUT2D eigenvalue weighted by atomic mass is 79.9. The van der Waals surface area contributed by atoms with E-state index in [9.17, 15) is 5.11 Å². The molecule has 1 unspecified atom stereocenters. The average molecular weight is 351 g/mol. The van der Waals surface area contributed by atoms with Gasteiger partial charge in [0.05, 0.1) is 6.10 Å². The first-order chi connectivity index (χ1) is 10.2. The summed E-state index contributed by atoms with van der Waals surface area (Å²) >= 11 is 3.38. The normalized spacial score (nSPS) is 12.0. The lowest BCUT2D eigenvalue weighted by Crippen LogP contribution is -2.10. The zero-order valence-electron chi connectivity index (χ0n) is 12.0. The zero-order chi connectivity index (χ0) is 15.1. The minimum Gasteiger partial charge on any atom is -0.490 e. The SMILES string of the molecule is CCC(O)c1ccccc1OCCOc1ccc(Br)cc1. The van der Waals surface area contributed by atoms with Gasteiger partial charge in [0.25, 0.3) is 0 Å². The summed E-state index contributed by atoms with van der Waals surface area (Å²) in [5.41, 5.74) is 0.823. The number of hydrogen-bond acceptors (Lipinski definition) is 3. The second-order valence-electron chi connectivity index (χ2n) is 4.61. The number of para-hydroxylation sites is 1. The number of aliphatic hydroxyl groups is 1. The van der Waals surface area contributed by atoms with Crippen LogP contribution in [0.1, 0.15) is 25.0 Å². The summed E-state index contributed by atoms with van der Waals surface area (Å²) in [6, 6.07) is 15.2. The van der Waals surface area contributed by atoms with Crippen molar-refractivity contribution in [1.82, 2.24) is 0 Å². The largest absolute Gasteiger partial charge is 0.490 e. The van der Waals surface area contributed by atoms with Crippen molar-refractivity contribution < 1.29 is 14.6 Å². The minimum absolute atomic E-state index is 0.434. The van der Waals surface area contributed by atoms with Crippen molar-refractivity contribution in [3.8, 4) is 11.5 Å². The van der Waals surface area contributed by atoms with Gasteiger partial charge in [0, 0.05) is 10.0 Å². The predicted molar refractivity (Wildman–Crippen MR) is 86.8 cm³/mol. The fourth-order valence-corrected chi connectivity index (χ4v) is 2.21. The summed E-state index contributed by atoms with van der Waals surface area (Å²) in [5, 5.41) is 9.95. The number of aliphatic hydroxyl groups excluding tert-OH is 1. The Morgan fingerprint density at radius 2 is 1.67 bits per heavy atom. The van der Waals surface area contributed by atoms with Crippen LogP contribution < -0.4 is 9.47 Å². The molecule has 0 spiro atoms. The standard InChI is InChI=1S/C17H19BrO3/c1-2-16(19)15-5-3-4-6-17(15)21-12-11-20-14-9-7-13(18)8-10-14/h3-10,16,19H,2,11-12H2,1H3. The summed E-state index contributed by atoms with van der Waals surface area (Å²) in [7, 11) is 0. The van der Waals surface area contributed by atoms with Crippen molar-refractivity contribution in [1.29, 1.82) is 0 Å². The van der Waals surface area contributed by atoms with E-state index in [0.717, 1.165) is 15.8 Å². The Morgan fingerprint density at radius 3 is 2.38 bits per heavy atom. The highest BCUT2D eigenvalue weighted by Gasteiger charge is 2.10. The third kappa shape index (κ3) is 4.76. The van der Waals surface area contributed by atoms with Gasteiger partial charge in [0.1, 0.15) is 24.7 Å². The Labute approximate surface area is 133 Å². The molecule has 3 nitrogen and oxygen atoms in total. The quantitative estimate of drug-likeness (QED) is 0.754. The third-order valence-electron chi connectivity index (χ3n) is 3.09. The lowest BCUT2D eigenvalue weighted by Gasteiger charge is -2.15. The fraction of sp³-hybridized carbons (Fsp3) is 0.294. The molecule has 0 heterocycles. The monoisotopic (exact) mass is 350 g/mol. The number of ether oxygens (including phenoxy) is 2. The average Bonchev–Trinajstić information content (AvgIpc) is 2.53. The second kappa shape index (κ2) is 8.05. The molecule has 21 heavy (non-hydrogen) atoms. The molecule has 0 radical (unpaired) electrons. The molecule has 112 valence electrons. The molecule has 0 aliphatic heterocycles. The lowest BCUT2D eigenvalue weighted by molar-refractivity contribution is 0.162. The van der Waals surface area contributed by atoms with E-state index in [4.69, 9.17) is 9.47 Å². The van der Waals surface area contributed by atoms with Crippen molar-refractivity contribution in [2.24, 2.45) is 0 Å². The summed E-state index contributed by atoms with van der Waals surface area (Å²) in [5.74, 6) is 1.52. The molecule has 2 aromatic rings. The molecule has 0 fully saturated rings. The first-order valence-corrected chi connectivity index (χ1v) is 7.78. The molecular formula is C17H19BrO3. The van der Waals surface area contributed by atoms with E-state index < -0.39 is 6.10 Å². The zero-order valence-corrected chi connectivity index (χ0v) is 13.5. The number of hydrogen-bond donors (Lipinski definition) is 1. The maximum absolute atomic E-state index is 9.95. The minimum atomic E-state index is -0.492. The highest BCUT2D eigenvalue weighted by molar-refractivity contribution is 9.10. The van der Waals surface area contributed by atoms with Crippen LogP contribution in [0, 0.1) is 0 Å². The van der Waals surface area contributed by atoms with Gasteiger partial charge in [0.15, 0.2) is 0 Å². The number of rotatable bonds is 7. The molecule has 0 bridgehead atoms. The molecule has 1 N–H and O–H groups in total. The number of halogens is 1. The molecule has 0 saturated carbocycles. The van der Waals surface area contributed by atoms with Crippen LogP contribution >= 0.6 is 15.9 Å². The van der Waals surface area contributed by atoms with E-state index in [2.05, 4.69) is 15.9 Å². The van der Waals surface area contributed by atoms with Crippen molar-refractivity contribution in [2.45, 2.75) is 19.4 Å². The van der Waals surface area contributed by atoms with Crippen LogP contribution in [0.25, 0.3) is 0 Å². The van der Waals surface area contributed by atoms with Crippen molar-refractivity contribution in [2.75, 3.05) is 13.2 Å². The van der Waals surface area contributed by atoms with Gasteiger partial charge in [-0.05, 0) is 36.8 Å². The van der Waals surface area contributed by atoms with Crippen LogP contribution in [0.5, 0.6) is 11.5 Å². The molecule has 0 saturated heterocycles. The summed E-state index contributed by atoms with van der Waals surface area (Å²) in [6.07, 6.45) is 0.170. The molecule has 2 rings (SSSR count). The molecule has 0 amide bonds. The van der Waals surface area contributed by atoms with Crippen LogP contribution in [-0.4, -0.2) is 18.3 Å². The van der Waals surface area contributed by atoms with Crippen molar-refractivity contribution in [3.05, 3.63) is 58.6 Å². The maximum atomic E-state index is 9.95. The molecule has 1 atom stereocenters. The maximum Gasteiger partial charge on any atom is 0.125 e. The van der Waals surface area contributed by atoms with Gasteiger partial charge in [-0.25, -0.2) is 0 Å². The van der Waals surface area contributed by atoms with Crippen LogP contribution in [0.3, 0.4) is 0 Å². The summed E-state index contributed by atoms with van der Waals surface area (Å²) in [4.78, 5) is 0. The van der Waals surface area contributed by atoms with E-state index in [-0.39, 0.29) is 0 Å². The Kier molecular flexibility index (Phi) is 6.08. The Hall–Kier alpha value is -1.52. The van der Waals surface area contributed by atoms with Gasteiger partial charge < -0.3 is 14.6 Å². The fourth-order valence-electron chi connectivity index (χ4n) is 1.95. The smallest absolute Gasteiger partial charge is 0.125 e. The van der Waals surface area contributed by atoms with Gasteiger partial charge >= 0.3 is 0 Å². The van der Waals surface area contributed by atoms with E-state index in [0.29, 0.717) is 25.4 Å². The van der Waals surface area contributed by atoms with Crippen molar-refractivity contribution >= 4 is 15.9 Å². The van der Waals surface area contributed by atoms with Gasteiger partial charge in [-0.2, -0.15) is 0 Å². The molecular weight excluding hydrogens is 332 g/mol. The molecule has 0 aliphatic rings. The van der Waals surface area contributed by atoms with Crippen LogP contribution in [-0.2, 0) is 0 Å². The lowest BCUT2D eigenvalue weighted by atomic mass is 10.1. The summed E-state index contributed by atoms with van der Waals surface area (Å²) in [6.45, 7) is 2.83. The highest BCUT2D eigenvalue weighted by Crippen LogP contribution is 2.26. The van der Waals surface area contributed by atoms with E-state index in [1.165, 1.54) is 0 Å². The first kappa shape index (κ1) is 15.9. The van der Waals surface area contributed by atoms with Gasteiger partial charge in [0.2, 0.25) is 0 Å². The predicted octanol–water partition coefficient (Wildman–Crippen LogP) is 4.35. The molecule has 4 heteroatoms. The van der Waals surface area contributed by atoms with Gasteiger partial charge in [-0.3, -0.25) is 0 Å². The van der Waals surface area contributed by atoms with Gasteiger partial charge in [-0.1, -0.05) is 41.1 Å². The first-order valence-electron chi connectivity index (χ1n) is 6.99. The van der Waals surface area contributed by atoms with Crippen LogP contribution in [0.15, 0.2) is 53.0 Å². The van der Waals surface area contributed by atoms with Crippen molar-refractivity contribution in [3.63, 3.8) is 0 Å². The number of benzene rings is 2. The van der Waals surface area contributed by atoms with E-state index >= 15 is 0 Å².